The minimum absolute atomic E-state index is 0.0194. The summed E-state index contributed by atoms with van der Waals surface area (Å²) in [7, 11) is 0. The van der Waals surface area contributed by atoms with Crippen LogP contribution in [-0.4, -0.2) is 10.8 Å². The van der Waals surface area contributed by atoms with E-state index in [1.54, 1.807) is 0 Å². The summed E-state index contributed by atoms with van der Waals surface area (Å²) in [6, 6.07) is 6.35. The van der Waals surface area contributed by atoms with Crippen molar-refractivity contribution >= 4 is 5.91 Å². The molecule has 1 aromatic carbocycles. The van der Waals surface area contributed by atoms with Crippen molar-refractivity contribution in [1.82, 2.24) is 4.90 Å². The van der Waals surface area contributed by atoms with E-state index in [0.29, 0.717) is 5.92 Å². The predicted octanol–water partition coefficient (Wildman–Crippen LogP) is 2.84. The van der Waals surface area contributed by atoms with Crippen LogP contribution in [-0.2, 0) is 17.9 Å². The lowest BCUT2D eigenvalue weighted by atomic mass is 9.95. The molecule has 1 aromatic rings. The molecule has 1 aliphatic rings. The van der Waals surface area contributed by atoms with Gasteiger partial charge in [0.2, 0.25) is 5.91 Å². The second-order valence-corrected chi connectivity index (χ2v) is 4.54. The highest BCUT2D eigenvalue weighted by Crippen LogP contribution is 2.30. The highest BCUT2D eigenvalue weighted by atomic mass is 16.2. The number of hydrogen-bond donors (Lipinski definition) is 0. The maximum absolute atomic E-state index is 11.6. The molecule has 0 saturated carbocycles. The molecule has 0 atom stereocenters. The average Bonchev–Trinajstić information content (AvgIpc) is 2.70. The van der Waals surface area contributed by atoms with E-state index < -0.39 is 0 Å². The van der Waals surface area contributed by atoms with Crippen LogP contribution in [0.1, 0.15) is 36.5 Å². The predicted molar refractivity (Wildman–Crippen MR) is 65.0 cm³/mol. The van der Waals surface area contributed by atoms with E-state index in [1.807, 2.05) is 4.90 Å². The molecule has 2 nitrogen and oxygen atoms in total. The Morgan fingerprint density at radius 2 is 2.19 bits per heavy atom. The summed E-state index contributed by atoms with van der Waals surface area (Å²) in [5.74, 6) is 0.527. The highest BCUT2D eigenvalue weighted by Gasteiger charge is 2.24. The number of fused-ring (bicyclic) bond motifs is 1. The number of amides is 1. The van der Waals surface area contributed by atoms with Gasteiger partial charge in [0.25, 0.3) is 0 Å². The Labute approximate surface area is 96.6 Å². The molecule has 0 spiro atoms. The molecule has 0 aromatic heterocycles. The van der Waals surface area contributed by atoms with Gasteiger partial charge in [-0.2, -0.15) is 0 Å². The van der Waals surface area contributed by atoms with Gasteiger partial charge in [0.15, 0.2) is 0 Å². The fourth-order valence-electron chi connectivity index (χ4n) is 2.27. The first-order valence-electron chi connectivity index (χ1n) is 5.65. The van der Waals surface area contributed by atoms with E-state index in [-0.39, 0.29) is 5.91 Å². The fraction of sp³-hybridized carbons (Fsp3) is 0.357. The Bertz CT molecular complexity index is 434. The van der Waals surface area contributed by atoms with Crippen molar-refractivity contribution in [2.24, 2.45) is 0 Å². The van der Waals surface area contributed by atoms with Gasteiger partial charge in [-0.05, 0) is 28.7 Å². The monoisotopic (exact) mass is 215 g/mol. The summed E-state index contributed by atoms with van der Waals surface area (Å²) in [6.07, 6.45) is 1.39. The number of benzene rings is 1. The standard InChI is InChI=1S/C14H17NO/c1-4-14(16)15-8-11-6-5-7-12(10(2)3)13(11)9-15/h4-7,10H,1,8-9H2,2-3H3. The third kappa shape index (κ3) is 1.75. The molecule has 1 amide bonds. The number of carbonyl (C=O) groups is 1. The van der Waals surface area contributed by atoms with Crippen molar-refractivity contribution in [1.29, 1.82) is 0 Å². The molecule has 0 aliphatic carbocycles. The zero-order valence-corrected chi connectivity index (χ0v) is 9.86. The molecular formula is C14H17NO. The molecule has 16 heavy (non-hydrogen) atoms. The molecule has 0 unspecified atom stereocenters. The topological polar surface area (TPSA) is 20.3 Å². The minimum Gasteiger partial charge on any atom is -0.330 e. The van der Waals surface area contributed by atoms with Crippen molar-refractivity contribution < 1.29 is 4.79 Å². The number of nitrogens with zero attached hydrogens (tertiary/aromatic N) is 1. The van der Waals surface area contributed by atoms with Crippen LogP contribution in [0.15, 0.2) is 30.9 Å². The number of rotatable bonds is 2. The zero-order chi connectivity index (χ0) is 11.7. The molecular weight excluding hydrogens is 198 g/mol. The summed E-state index contributed by atoms with van der Waals surface area (Å²) >= 11 is 0. The van der Waals surface area contributed by atoms with Crippen molar-refractivity contribution in [3.63, 3.8) is 0 Å². The Hall–Kier alpha value is -1.57. The number of carbonyl (C=O) groups excluding carboxylic acids is 1. The van der Waals surface area contributed by atoms with Crippen LogP contribution in [0.25, 0.3) is 0 Å². The van der Waals surface area contributed by atoms with Gasteiger partial charge in [-0.25, -0.2) is 0 Å². The van der Waals surface area contributed by atoms with E-state index in [2.05, 4.69) is 38.6 Å². The molecule has 0 saturated heterocycles. The van der Waals surface area contributed by atoms with E-state index in [4.69, 9.17) is 0 Å². The molecule has 2 rings (SSSR count). The Balaban J connectivity index is 2.33. The first-order valence-corrected chi connectivity index (χ1v) is 5.65. The van der Waals surface area contributed by atoms with E-state index in [9.17, 15) is 4.79 Å². The van der Waals surface area contributed by atoms with Gasteiger partial charge in [0.05, 0.1) is 0 Å². The summed E-state index contributed by atoms with van der Waals surface area (Å²) in [6.45, 7) is 9.36. The second kappa shape index (κ2) is 4.12. The van der Waals surface area contributed by atoms with Gasteiger partial charge in [0.1, 0.15) is 0 Å². The maximum atomic E-state index is 11.6. The van der Waals surface area contributed by atoms with Crippen LogP contribution in [0.3, 0.4) is 0 Å². The van der Waals surface area contributed by atoms with Crippen LogP contribution in [0.5, 0.6) is 0 Å². The maximum Gasteiger partial charge on any atom is 0.246 e. The van der Waals surface area contributed by atoms with Crippen LogP contribution < -0.4 is 0 Å². The van der Waals surface area contributed by atoms with Crippen LogP contribution in [0.2, 0.25) is 0 Å². The molecule has 2 heteroatoms. The largest absolute Gasteiger partial charge is 0.330 e. The van der Waals surface area contributed by atoms with Gasteiger partial charge in [0, 0.05) is 13.1 Å². The van der Waals surface area contributed by atoms with E-state index in [1.165, 1.54) is 22.8 Å². The minimum atomic E-state index is 0.0194. The first kappa shape index (κ1) is 10.9. The number of hydrogen-bond acceptors (Lipinski definition) is 1. The van der Waals surface area contributed by atoms with Crippen molar-refractivity contribution in [3.05, 3.63) is 47.5 Å². The normalized spacial score (nSPS) is 14.1. The quantitative estimate of drug-likeness (QED) is 0.695. The van der Waals surface area contributed by atoms with Gasteiger partial charge >= 0.3 is 0 Å². The van der Waals surface area contributed by atoms with Crippen molar-refractivity contribution in [3.8, 4) is 0 Å². The molecule has 1 heterocycles. The van der Waals surface area contributed by atoms with Gasteiger partial charge < -0.3 is 4.90 Å². The van der Waals surface area contributed by atoms with E-state index in [0.717, 1.165) is 13.1 Å². The average molecular weight is 215 g/mol. The Morgan fingerprint density at radius 1 is 1.44 bits per heavy atom. The SMILES string of the molecule is C=CC(=O)N1Cc2cccc(C(C)C)c2C1. The first-order chi connectivity index (χ1) is 7.63. The third-order valence-electron chi connectivity index (χ3n) is 3.13. The third-order valence-corrected chi connectivity index (χ3v) is 3.13. The zero-order valence-electron chi connectivity index (χ0n) is 9.86. The lowest BCUT2D eigenvalue weighted by Gasteiger charge is -2.13. The summed E-state index contributed by atoms with van der Waals surface area (Å²) in [5, 5.41) is 0. The lowest BCUT2D eigenvalue weighted by molar-refractivity contribution is -0.126. The summed E-state index contributed by atoms with van der Waals surface area (Å²) in [5.41, 5.74) is 3.96. The van der Waals surface area contributed by atoms with Crippen LogP contribution in [0.4, 0.5) is 0 Å². The van der Waals surface area contributed by atoms with Gasteiger partial charge in [-0.15, -0.1) is 0 Å². The lowest BCUT2D eigenvalue weighted by Crippen LogP contribution is -2.22. The molecule has 84 valence electrons. The molecule has 0 fully saturated rings. The van der Waals surface area contributed by atoms with Crippen LogP contribution >= 0.6 is 0 Å². The molecule has 0 N–H and O–H groups in total. The second-order valence-electron chi connectivity index (χ2n) is 4.54. The van der Waals surface area contributed by atoms with Crippen molar-refractivity contribution in [2.75, 3.05) is 0 Å². The molecule has 1 aliphatic heterocycles. The smallest absolute Gasteiger partial charge is 0.246 e. The Morgan fingerprint density at radius 3 is 2.81 bits per heavy atom. The van der Waals surface area contributed by atoms with Crippen LogP contribution in [0, 0.1) is 0 Å². The summed E-state index contributed by atoms with van der Waals surface area (Å²) in [4.78, 5) is 13.4. The fourth-order valence-corrected chi connectivity index (χ4v) is 2.27. The Kier molecular flexibility index (Phi) is 2.82. The van der Waals surface area contributed by atoms with E-state index >= 15 is 0 Å². The summed E-state index contributed by atoms with van der Waals surface area (Å²) < 4.78 is 0. The van der Waals surface area contributed by atoms with Gasteiger partial charge in [-0.3, -0.25) is 4.79 Å². The van der Waals surface area contributed by atoms with Crippen molar-refractivity contribution in [2.45, 2.75) is 32.9 Å². The molecule has 0 radical (unpaired) electrons. The van der Waals surface area contributed by atoms with Gasteiger partial charge in [-0.1, -0.05) is 38.6 Å². The highest BCUT2D eigenvalue weighted by molar-refractivity contribution is 5.87. The molecule has 0 bridgehead atoms.